The Kier molecular flexibility index (Phi) is 9.71. The first-order valence-corrected chi connectivity index (χ1v) is 8.95. The second-order valence-electron chi connectivity index (χ2n) is 6.76. The fourth-order valence-corrected chi connectivity index (χ4v) is 3.75. The molecule has 4 atom stereocenters. The molecule has 3 N–H and O–H groups in total. The molecule has 0 aliphatic heterocycles. The minimum Gasteiger partial charge on any atom is -0.393 e. The molecule has 130 valence electrons. The van der Waals surface area contributed by atoms with Crippen LogP contribution in [-0.2, 0) is 0 Å². The number of nitrogens with zero attached hydrogens (tertiary/aromatic N) is 1. The smallest absolute Gasteiger partial charge is 0.191 e. The van der Waals surface area contributed by atoms with Gasteiger partial charge in [-0.3, -0.25) is 4.99 Å². The van der Waals surface area contributed by atoms with Gasteiger partial charge in [0.1, 0.15) is 0 Å². The first-order valence-electron chi connectivity index (χ1n) is 8.95. The Balaban J connectivity index is 0.00000242. The molecule has 0 aromatic carbocycles. The van der Waals surface area contributed by atoms with Crippen LogP contribution in [-0.4, -0.2) is 36.3 Å². The van der Waals surface area contributed by atoms with Gasteiger partial charge in [-0.2, -0.15) is 0 Å². The number of halogens is 1. The van der Waals surface area contributed by atoms with E-state index < -0.39 is 0 Å². The van der Waals surface area contributed by atoms with Crippen LogP contribution in [0, 0.1) is 11.8 Å². The summed E-state index contributed by atoms with van der Waals surface area (Å²) in [5.74, 6) is 2.17. The molecule has 4 unspecified atom stereocenters. The molecule has 0 amide bonds. The largest absolute Gasteiger partial charge is 0.393 e. The topological polar surface area (TPSA) is 56.7 Å². The van der Waals surface area contributed by atoms with Crippen LogP contribution in [0.5, 0.6) is 0 Å². The Bertz CT molecular complexity index is 338. The van der Waals surface area contributed by atoms with Gasteiger partial charge in [-0.1, -0.05) is 32.6 Å². The van der Waals surface area contributed by atoms with Crippen molar-refractivity contribution >= 4 is 29.9 Å². The minimum absolute atomic E-state index is 0. The number of guanidine groups is 1. The molecular formula is C17H34IN3O. The summed E-state index contributed by atoms with van der Waals surface area (Å²) >= 11 is 0. The number of aliphatic imine (C=N–C) groups is 1. The van der Waals surface area contributed by atoms with Gasteiger partial charge in [-0.05, 0) is 38.5 Å². The van der Waals surface area contributed by atoms with Gasteiger partial charge in [0.2, 0.25) is 0 Å². The second kappa shape index (κ2) is 10.7. The van der Waals surface area contributed by atoms with E-state index in [1.54, 1.807) is 0 Å². The molecule has 22 heavy (non-hydrogen) atoms. The third kappa shape index (κ3) is 6.22. The van der Waals surface area contributed by atoms with E-state index in [4.69, 9.17) is 4.99 Å². The van der Waals surface area contributed by atoms with Crippen molar-refractivity contribution in [2.24, 2.45) is 16.8 Å². The lowest BCUT2D eigenvalue weighted by atomic mass is 9.84. The average Bonchev–Trinajstić information content (AvgIpc) is 2.90. The van der Waals surface area contributed by atoms with Crippen molar-refractivity contribution in [2.45, 2.75) is 77.4 Å². The van der Waals surface area contributed by atoms with Gasteiger partial charge in [0.25, 0.3) is 0 Å². The fourth-order valence-electron chi connectivity index (χ4n) is 3.75. The number of aliphatic hydroxyl groups is 1. The van der Waals surface area contributed by atoms with Gasteiger partial charge in [0.05, 0.1) is 6.10 Å². The maximum atomic E-state index is 9.91. The summed E-state index contributed by atoms with van der Waals surface area (Å²) in [6.07, 6.45) is 9.60. The Hall–Kier alpha value is -0.0400. The summed E-state index contributed by atoms with van der Waals surface area (Å²) in [6, 6.07) is 0.565. The highest BCUT2D eigenvalue weighted by Gasteiger charge is 2.25. The highest BCUT2D eigenvalue weighted by molar-refractivity contribution is 14.0. The molecule has 2 aliphatic carbocycles. The normalized spacial score (nSPS) is 32.4. The van der Waals surface area contributed by atoms with E-state index >= 15 is 0 Å². The molecule has 5 heteroatoms. The molecule has 0 bridgehead atoms. The maximum absolute atomic E-state index is 9.91. The fraction of sp³-hybridized carbons (Fsp3) is 0.941. The molecule has 2 saturated carbocycles. The minimum atomic E-state index is -0.143. The lowest BCUT2D eigenvalue weighted by Gasteiger charge is -2.30. The van der Waals surface area contributed by atoms with Gasteiger partial charge in [-0.25, -0.2) is 0 Å². The zero-order valence-corrected chi connectivity index (χ0v) is 16.5. The monoisotopic (exact) mass is 423 g/mol. The van der Waals surface area contributed by atoms with E-state index in [-0.39, 0.29) is 30.1 Å². The molecule has 0 heterocycles. The summed E-state index contributed by atoms with van der Waals surface area (Å²) in [6.45, 7) is 6.05. The molecule has 0 spiro atoms. The van der Waals surface area contributed by atoms with Crippen molar-refractivity contribution in [2.75, 3.05) is 13.1 Å². The van der Waals surface area contributed by atoms with Crippen molar-refractivity contribution in [1.82, 2.24) is 10.6 Å². The molecule has 2 rings (SSSR count). The summed E-state index contributed by atoms with van der Waals surface area (Å²) in [7, 11) is 0. The number of hydrogen-bond donors (Lipinski definition) is 3. The predicted molar refractivity (Wildman–Crippen MR) is 104 cm³/mol. The van der Waals surface area contributed by atoms with E-state index in [1.807, 2.05) is 0 Å². The highest BCUT2D eigenvalue weighted by Crippen LogP contribution is 2.27. The molecule has 0 saturated heterocycles. The average molecular weight is 423 g/mol. The van der Waals surface area contributed by atoms with Gasteiger partial charge in [0.15, 0.2) is 5.96 Å². The Morgan fingerprint density at radius 2 is 1.91 bits per heavy atom. The third-order valence-electron chi connectivity index (χ3n) is 5.15. The van der Waals surface area contributed by atoms with Crippen molar-refractivity contribution < 1.29 is 5.11 Å². The Morgan fingerprint density at radius 1 is 1.14 bits per heavy atom. The van der Waals surface area contributed by atoms with Crippen LogP contribution in [0.4, 0.5) is 0 Å². The molecule has 0 radical (unpaired) electrons. The summed E-state index contributed by atoms with van der Waals surface area (Å²) < 4.78 is 0. The molecular weight excluding hydrogens is 389 g/mol. The highest BCUT2D eigenvalue weighted by atomic mass is 127. The molecule has 2 aliphatic rings. The number of aliphatic hydroxyl groups excluding tert-OH is 1. The third-order valence-corrected chi connectivity index (χ3v) is 5.15. The van der Waals surface area contributed by atoms with Crippen LogP contribution in [0.25, 0.3) is 0 Å². The van der Waals surface area contributed by atoms with Gasteiger partial charge in [0, 0.05) is 25.0 Å². The van der Waals surface area contributed by atoms with Gasteiger partial charge < -0.3 is 15.7 Å². The maximum Gasteiger partial charge on any atom is 0.191 e. The second-order valence-corrected chi connectivity index (χ2v) is 6.76. The van der Waals surface area contributed by atoms with Crippen LogP contribution < -0.4 is 10.6 Å². The van der Waals surface area contributed by atoms with Crippen LogP contribution >= 0.6 is 24.0 Å². The quantitative estimate of drug-likeness (QED) is 0.361. The van der Waals surface area contributed by atoms with Crippen molar-refractivity contribution in [3.8, 4) is 0 Å². The van der Waals surface area contributed by atoms with Gasteiger partial charge >= 0.3 is 0 Å². The van der Waals surface area contributed by atoms with E-state index in [2.05, 4.69) is 24.5 Å². The lowest BCUT2D eigenvalue weighted by Crippen LogP contribution is -2.45. The van der Waals surface area contributed by atoms with E-state index in [0.29, 0.717) is 12.0 Å². The molecule has 0 aromatic heterocycles. The summed E-state index contributed by atoms with van der Waals surface area (Å²) in [5.41, 5.74) is 0. The van der Waals surface area contributed by atoms with Crippen molar-refractivity contribution in [3.05, 3.63) is 0 Å². The van der Waals surface area contributed by atoms with Crippen LogP contribution in [0.15, 0.2) is 4.99 Å². The molecule has 4 nitrogen and oxygen atoms in total. The lowest BCUT2D eigenvalue weighted by molar-refractivity contribution is 0.136. The Morgan fingerprint density at radius 3 is 2.55 bits per heavy atom. The zero-order chi connectivity index (χ0) is 15.1. The standard InChI is InChI=1S/C17H33N3O.HI/c1-3-13-7-5-9-15(11-13)20-17(18-4-2)19-12-14-8-6-10-16(14)21;/h13-16,21H,3-12H2,1-2H3,(H2,18,19,20);1H. The van der Waals surface area contributed by atoms with Gasteiger partial charge in [-0.15, -0.1) is 24.0 Å². The van der Waals surface area contributed by atoms with E-state index in [9.17, 15) is 5.11 Å². The van der Waals surface area contributed by atoms with Crippen molar-refractivity contribution in [3.63, 3.8) is 0 Å². The summed E-state index contributed by atoms with van der Waals surface area (Å²) in [4.78, 5) is 4.73. The van der Waals surface area contributed by atoms with Crippen LogP contribution in [0.3, 0.4) is 0 Å². The number of hydrogen-bond acceptors (Lipinski definition) is 2. The molecule has 2 fully saturated rings. The number of rotatable bonds is 5. The SMILES string of the molecule is CCNC(=NCC1CCCC1O)NC1CCCC(CC)C1.I. The van der Waals surface area contributed by atoms with Crippen LogP contribution in [0.1, 0.15) is 65.2 Å². The van der Waals surface area contributed by atoms with E-state index in [1.165, 1.54) is 32.1 Å². The number of nitrogens with one attached hydrogen (secondary N) is 2. The first-order chi connectivity index (χ1) is 10.2. The van der Waals surface area contributed by atoms with E-state index in [0.717, 1.165) is 44.2 Å². The molecule has 0 aromatic rings. The Labute approximate surface area is 152 Å². The van der Waals surface area contributed by atoms with Crippen molar-refractivity contribution in [1.29, 1.82) is 0 Å². The predicted octanol–water partition coefficient (Wildman–Crippen LogP) is 3.29. The zero-order valence-electron chi connectivity index (χ0n) is 14.2. The van der Waals surface area contributed by atoms with Crippen LogP contribution in [0.2, 0.25) is 0 Å². The summed E-state index contributed by atoms with van der Waals surface area (Å²) in [5, 5.41) is 16.9. The first kappa shape index (κ1) is 20.0.